The van der Waals surface area contributed by atoms with Gasteiger partial charge in [0, 0.05) is 6.08 Å². The van der Waals surface area contributed by atoms with Gasteiger partial charge < -0.3 is 9.84 Å². The van der Waals surface area contributed by atoms with E-state index in [9.17, 15) is 4.79 Å². The van der Waals surface area contributed by atoms with E-state index in [0.717, 1.165) is 28.5 Å². The van der Waals surface area contributed by atoms with Crippen LogP contribution in [-0.4, -0.2) is 18.2 Å². The second-order valence-electron chi connectivity index (χ2n) is 3.35. The van der Waals surface area contributed by atoms with Crippen molar-refractivity contribution < 1.29 is 14.6 Å². The second-order valence-corrected chi connectivity index (χ2v) is 3.35. The molecule has 1 aromatic rings. The van der Waals surface area contributed by atoms with E-state index in [1.165, 1.54) is 0 Å². The molecule has 1 aromatic carbocycles. The molecule has 3 nitrogen and oxygen atoms in total. The number of aliphatic carboxylic acids is 1. The van der Waals surface area contributed by atoms with Gasteiger partial charge in [-0.1, -0.05) is 0 Å². The maximum absolute atomic E-state index is 10.4. The number of carbonyl (C=O) groups is 1. The number of methoxy groups -OCH3 is 1. The lowest BCUT2D eigenvalue weighted by molar-refractivity contribution is -0.131. The largest absolute Gasteiger partial charge is 0.497 e. The van der Waals surface area contributed by atoms with Crippen LogP contribution in [0.25, 0.3) is 6.08 Å². The Balaban J connectivity index is 3.14. The van der Waals surface area contributed by atoms with Crippen LogP contribution in [0.4, 0.5) is 0 Å². The third-order valence-electron chi connectivity index (χ3n) is 2.20. The van der Waals surface area contributed by atoms with E-state index in [0.29, 0.717) is 0 Å². The standard InChI is InChI=1S/C12H14O3/c1-8-6-10(15-3)7-9(2)11(8)4-5-12(13)14/h4-7H,1-3H3,(H,13,14). The van der Waals surface area contributed by atoms with Crippen molar-refractivity contribution in [1.82, 2.24) is 0 Å². The van der Waals surface area contributed by atoms with Gasteiger partial charge in [-0.3, -0.25) is 0 Å². The smallest absolute Gasteiger partial charge is 0.328 e. The summed E-state index contributed by atoms with van der Waals surface area (Å²) in [5, 5.41) is 8.55. The number of ether oxygens (including phenoxy) is 1. The predicted octanol–water partition coefficient (Wildman–Crippen LogP) is 2.41. The van der Waals surface area contributed by atoms with Gasteiger partial charge in [0.15, 0.2) is 0 Å². The molecule has 0 aliphatic rings. The van der Waals surface area contributed by atoms with Crippen molar-refractivity contribution in [3.8, 4) is 5.75 Å². The van der Waals surface area contributed by atoms with Crippen molar-refractivity contribution in [1.29, 1.82) is 0 Å². The summed E-state index contributed by atoms with van der Waals surface area (Å²) in [5.74, 6) is -0.151. The van der Waals surface area contributed by atoms with Crippen molar-refractivity contribution in [2.75, 3.05) is 7.11 Å². The van der Waals surface area contributed by atoms with Gasteiger partial charge in [-0.05, 0) is 48.7 Å². The van der Waals surface area contributed by atoms with Gasteiger partial charge in [0.1, 0.15) is 5.75 Å². The van der Waals surface area contributed by atoms with E-state index in [2.05, 4.69) is 0 Å². The van der Waals surface area contributed by atoms with Crippen LogP contribution >= 0.6 is 0 Å². The van der Waals surface area contributed by atoms with Crippen LogP contribution in [0.15, 0.2) is 18.2 Å². The number of carboxylic acid groups (broad SMARTS) is 1. The fraction of sp³-hybridized carbons (Fsp3) is 0.250. The Hall–Kier alpha value is -1.77. The Kier molecular flexibility index (Phi) is 3.50. The molecule has 0 bridgehead atoms. The normalized spacial score (nSPS) is 10.6. The molecule has 0 aliphatic heterocycles. The molecular weight excluding hydrogens is 192 g/mol. The quantitative estimate of drug-likeness (QED) is 0.772. The molecule has 15 heavy (non-hydrogen) atoms. The summed E-state index contributed by atoms with van der Waals surface area (Å²) < 4.78 is 5.12. The molecule has 0 amide bonds. The minimum Gasteiger partial charge on any atom is -0.497 e. The molecule has 0 unspecified atom stereocenters. The first kappa shape index (κ1) is 11.3. The van der Waals surface area contributed by atoms with Gasteiger partial charge in [0.25, 0.3) is 0 Å². The van der Waals surface area contributed by atoms with Crippen LogP contribution in [-0.2, 0) is 4.79 Å². The zero-order valence-electron chi connectivity index (χ0n) is 9.07. The summed E-state index contributed by atoms with van der Waals surface area (Å²) in [7, 11) is 1.61. The summed E-state index contributed by atoms with van der Waals surface area (Å²) in [6, 6.07) is 3.77. The van der Waals surface area contributed by atoms with Gasteiger partial charge in [0.2, 0.25) is 0 Å². The first-order chi connectivity index (χ1) is 7.04. The van der Waals surface area contributed by atoms with Gasteiger partial charge in [-0.15, -0.1) is 0 Å². The number of carboxylic acids is 1. The van der Waals surface area contributed by atoms with Gasteiger partial charge >= 0.3 is 5.97 Å². The third kappa shape index (κ3) is 2.84. The van der Waals surface area contributed by atoms with Crippen molar-refractivity contribution >= 4 is 12.0 Å². The molecule has 1 rings (SSSR count). The highest BCUT2D eigenvalue weighted by molar-refractivity contribution is 5.86. The van der Waals surface area contributed by atoms with Gasteiger partial charge in [0.05, 0.1) is 7.11 Å². The summed E-state index contributed by atoms with van der Waals surface area (Å²) in [4.78, 5) is 10.4. The number of hydrogen-bond acceptors (Lipinski definition) is 2. The van der Waals surface area contributed by atoms with E-state index in [1.54, 1.807) is 13.2 Å². The molecule has 3 heteroatoms. The lowest BCUT2D eigenvalue weighted by Crippen LogP contribution is -1.92. The monoisotopic (exact) mass is 206 g/mol. The van der Waals surface area contributed by atoms with Crippen LogP contribution in [0, 0.1) is 13.8 Å². The fourth-order valence-electron chi connectivity index (χ4n) is 1.47. The molecule has 0 aromatic heterocycles. The van der Waals surface area contributed by atoms with E-state index >= 15 is 0 Å². The fourth-order valence-corrected chi connectivity index (χ4v) is 1.47. The predicted molar refractivity (Wildman–Crippen MR) is 59.1 cm³/mol. The van der Waals surface area contributed by atoms with Crippen LogP contribution in [0.5, 0.6) is 5.75 Å². The van der Waals surface area contributed by atoms with Crippen molar-refractivity contribution in [3.05, 3.63) is 34.9 Å². The van der Waals surface area contributed by atoms with Gasteiger partial charge in [-0.25, -0.2) is 4.79 Å². The summed E-state index contributed by atoms with van der Waals surface area (Å²) in [5.41, 5.74) is 2.94. The Morgan fingerprint density at radius 2 is 1.87 bits per heavy atom. The average molecular weight is 206 g/mol. The van der Waals surface area contributed by atoms with Crippen LogP contribution < -0.4 is 4.74 Å². The van der Waals surface area contributed by atoms with Crippen LogP contribution in [0.2, 0.25) is 0 Å². The van der Waals surface area contributed by atoms with Crippen LogP contribution in [0.3, 0.4) is 0 Å². The first-order valence-electron chi connectivity index (χ1n) is 4.61. The second kappa shape index (κ2) is 4.64. The highest BCUT2D eigenvalue weighted by Crippen LogP contribution is 2.22. The van der Waals surface area contributed by atoms with Gasteiger partial charge in [-0.2, -0.15) is 0 Å². The molecular formula is C12H14O3. The first-order valence-corrected chi connectivity index (χ1v) is 4.61. The number of benzene rings is 1. The maximum Gasteiger partial charge on any atom is 0.328 e. The van der Waals surface area contributed by atoms with Crippen molar-refractivity contribution in [2.24, 2.45) is 0 Å². The molecule has 0 saturated carbocycles. The average Bonchev–Trinajstić information content (AvgIpc) is 2.15. The lowest BCUT2D eigenvalue weighted by Gasteiger charge is -2.08. The van der Waals surface area contributed by atoms with Crippen molar-refractivity contribution in [2.45, 2.75) is 13.8 Å². The summed E-state index contributed by atoms with van der Waals surface area (Å²) in [6.45, 7) is 3.86. The zero-order valence-corrected chi connectivity index (χ0v) is 9.07. The lowest BCUT2D eigenvalue weighted by atomic mass is 10.0. The van der Waals surface area contributed by atoms with E-state index in [4.69, 9.17) is 9.84 Å². The van der Waals surface area contributed by atoms with Crippen molar-refractivity contribution in [3.63, 3.8) is 0 Å². The molecule has 0 saturated heterocycles. The van der Waals surface area contributed by atoms with E-state index in [-0.39, 0.29) is 0 Å². The number of rotatable bonds is 3. The maximum atomic E-state index is 10.4. The molecule has 0 heterocycles. The van der Waals surface area contributed by atoms with E-state index < -0.39 is 5.97 Å². The zero-order chi connectivity index (χ0) is 11.4. The third-order valence-corrected chi connectivity index (χ3v) is 2.20. The SMILES string of the molecule is COc1cc(C)c(C=CC(=O)O)c(C)c1. The highest BCUT2D eigenvalue weighted by atomic mass is 16.5. The molecule has 0 aliphatic carbocycles. The topological polar surface area (TPSA) is 46.5 Å². The van der Waals surface area contributed by atoms with Crippen LogP contribution in [0.1, 0.15) is 16.7 Å². The molecule has 0 radical (unpaired) electrons. The Bertz CT molecular complexity index is 382. The Morgan fingerprint density at radius 3 is 2.27 bits per heavy atom. The highest BCUT2D eigenvalue weighted by Gasteiger charge is 2.02. The number of hydrogen-bond donors (Lipinski definition) is 1. The number of aryl methyl sites for hydroxylation is 2. The Labute approximate surface area is 89.0 Å². The Morgan fingerprint density at radius 1 is 1.33 bits per heavy atom. The minimum absolute atomic E-state index is 0.789. The molecule has 1 N–H and O–H groups in total. The molecule has 0 fully saturated rings. The summed E-state index contributed by atoms with van der Waals surface area (Å²) >= 11 is 0. The van der Waals surface area contributed by atoms with E-state index in [1.807, 2.05) is 26.0 Å². The molecule has 80 valence electrons. The molecule has 0 spiro atoms. The molecule has 0 atom stereocenters. The minimum atomic E-state index is -0.940. The summed E-state index contributed by atoms with van der Waals surface area (Å²) in [6.07, 6.45) is 2.74.